The molecule has 0 aromatic carbocycles. The molecule has 0 unspecified atom stereocenters. The van der Waals surface area contributed by atoms with E-state index in [2.05, 4.69) is 0 Å². The van der Waals surface area contributed by atoms with Gasteiger partial charge in [-0.2, -0.15) is 0 Å². The van der Waals surface area contributed by atoms with Gasteiger partial charge in [-0.1, -0.05) is 0 Å². The van der Waals surface area contributed by atoms with Gasteiger partial charge in [-0.15, -0.1) is 0 Å². The van der Waals surface area contributed by atoms with E-state index >= 15 is 0 Å². The maximum Gasteiger partial charge on any atom is 0.187 e. The molecule has 0 aromatic heterocycles. The molecular weight excluding hydrogens is 227 g/mol. The van der Waals surface area contributed by atoms with Gasteiger partial charge in [0, 0.05) is 50.3 Å². The molecule has 0 saturated carbocycles. The van der Waals surface area contributed by atoms with Crippen LogP contribution in [-0.2, 0) is 50.3 Å². The molecular formula is H6Al2CoMnNi. The second-order valence-corrected chi connectivity index (χ2v) is 0. The van der Waals surface area contributed by atoms with E-state index in [-0.39, 0.29) is 85.1 Å². The van der Waals surface area contributed by atoms with E-state index in [9.17, 15) is 0 Å². The summed E-state index contributed by atoms with van der Waals surface area (Å²) in [6.07, 6.45) is 0. The van der Waals surface area contributed by atoms with Crippen LogP contribution in [0.4, 0.5) is 0 Å². The first-order valence-electron chi connectivity index (χ1n) is 0. The topological polar surface area (TPSA) is 0 Å². The summed E-state index contributed by atoms with van der Waals surface area (Å²) in [5, 5.41) is 0. The molecule has 0 spiro atoms. The van der Waals surface area contributed by atoms with Crippen molar-refractivity contribution in [1.82, 2.24) is 0 Å². The Morgan fingerprint density at radius 3 is 0.800 bits per heavy atom. The van der Waals surface area contributed by atoms with Crippen molar-refractivity contribution in [3.8, 4) is 0 Å². The fourth-order valence-corrected chi connectivity index (χ4v) is 0. The van der Waals surface area contributed by atoms with Crippen LogP contribution in [0.2, 0.25) is 0 Å². The molecule has 0 saturated heterocycles. The van der Waals surface area contributed by atoms with Gasteiger partial charge in [0.2, 0.25) is 0 Å². The SMILES string of the molecule is [AlH3].[AlH3].[Co].[Mn].[Ni]. The van der Waals surface area contributed by atoms with Gasteiger partial charge in [-0.25, -0.2) is 0 Å². The Balaban J connectivity index is 0. The van der Waals surface area contributed by atoms with Gasteiger partial charge in [0.15, 0.2) is 34.7 Å². The van der Waals surface area contributed by atoms with Crippen LogP contribution in [-0.4, -0.2) is 34.7 Å². The summed E-state index contributed by atoms with van der Waals surface area (Å²) in [5.41, 5.74) is 0. The van der Waals surface area contributed by atoms with Crippen molar-refractivity contribution in [2.45, 2.75) is 0 Å². The second-order valence-electron chi connectivity index (χ2n) is 0. The van der Waals surface area contributed by atoms with E-state index in [0.29, 0.717) is 0 Å². The molecule has 0 rings (SSSR count). The quantitative estimate of drug-likeness (QED) is 0.410. The van der Waals surface area contributed by atoms with Crippen molar-refractivity contribution < 1.29 is 50.3 Å². The Hall–Kier alpha value is 2.58. The number of rotatable bonds is 0. The van der Waals surface area contributed by atoms with Gasteiger partial charge >= 0.3 is 0 Å². The van der Waals surface area contributed by atoms with Crippen LogP contribution in [0.25, 0.3) is 0 Å². The van der Waals surface area contributed by atoms with E-state index < -0.39 is 0 Å². The van der Waals surface area contributed by atoms with Gasteiger partial charge in [0.1, 0.15) is 0 Å². The smallest absolute Gasteiger partial charge is 0 e. The van der Waals surface area contributed by atoms with Crippen molar-refractivity contribution in [2.75, 3.05) is 0 Å². The van der Waals surface area contributed by atoms with Crippen LogP contribution in [0.5, 0.6) is 0 Å². The minimum Gasteiger partial charge on any atom is 0 e. The van der Waals surface area contributed by atoms with Crippen LogP contribution in [0.3, 0.4) is 0 Å². The van der Waals surface area contributed by atoms with E-state index in [0.717, 1.165) is 0 Å². The van der Waals surface area contributed by atoms with E-state index in [1.807, 2.05) is 0 Å². The fraction of sp³-hybridized carbons (Fsp3) is 0. The molecule has 38 valence electrons. The summed E-state index contributed by atoms with van der Waals surface area (Å²) in [6, 6.07) is 0. The molecule has 0 aliphatic heterocycles. The Morgan fingerprint density at radius 2 is 0.800 bits per heavy atom. The van der Waals surface area contributed by atoms with Gasteiger partial charge in [0.05, 0.1) is 0 Å². The van der Waals surface area contributed by atoms with Crippen molar-refractivity contribution >= 4 is 34.7 Å². The zero-order chi connectivity index (χ0) is 0. The average molecular weight is 233 g/mol. The van der Waals surface area contributed by atoms with Crippen LogP contribution in [0.1, 0.15) is 0 Å². The molecule has 0 aromatic rings. The summed E-state index contributed by atoms with van der Waals surface area (Å²) >= 11 is 0. The standard InChI is InChI=1S/2Al.Co.Mn.Ni.6H. The van der Waals surface area contributed by atoms with E-state index in [1.165, 1.54) is 0 Å². The summed E-state index contributed by atoms with van der Waals surface area (Å²) in [6.45, 7) is 0. The third-order valence-electron chi connectivity index (χ3n) is 0. The third-order valence-corrected chi connectivity index (χ3v) is 0. The third kappa shape index (κ3) is 20.7. The molecule has 2 radical (unpaired) electrons. The number of hydrogen-bond donors (Lipinski definition) is 0. The Labute approximate surface area is 84.1 Å². The molecule has 0 N–H and O–H groups in total. The van der Waals surface area contributed by atoms with Gasteiger partial charge in [0.25, 0.3) is 0 Å². The van der Waals surface area contributed by atoms with Crippen molar-refractivity contribution in [1.29, 1.82) is 0 Å². The maximum atomic E-state index is 0. The van der Waals surface area contributed by atoms with Crippen LogP contribution in [0.15, 0.2) is 0 Å². The molecule has 0 fully saturated rings. The van der Waals surface area contributed by atoms with Crippen molar-refractivity contribution in [3.05, 3.63) is 0 Å². The maximum absolute atomic E-state index is 0. The summed E-state index contributed by atoms with van der Waals surface area (Å²) in [7, 11) is 0. The van der Waals surface area contributed by atoms with Crippen molar-refractivity contribution in [3.63, 3.8) is 0 Å². The second kappa shape index (κ2) is 30.7. The van der Waals surface area contributed by atoms with E-state index in [1.54, 1.807) is 0 Å². The molecule has 0 heterocycles. The van der Waals surface area contributed by atoms with Gasteiger partial charge in [-0.3, -0.25) is 0 Å². The largest absolute Gasteiger partial charge is 0.187 e. The van der Waals surface area contributed by atoms with Gasteiger partial charge in [-0.05, 0) is 0 Å². The predicted molar refractivity (Wildman–Crippen MR) is 19.9 cm³/mol. The predicted octanol–water partition coefficient (Wildman–Crippen LogP) is -2.38. The zero-order valence-electron chi connectivity index (χ0n) is 1.03. The first kappa shape index (κ1) is 49.2. The minimum absolute atomic E-state index is 0. The first-order valence-corrected chi connectivity index (χ1v) is 0. The van der Waals surface area contributed by atoms with Crippen LogP contribution < -0.4 is 0 Å². The molecule has 5 heavy (non-hydrogen) atoms. The Morgan fingerprint density at radius 1 is 0.800 bits per heavy atom. The van der Waals surface area contributed by atoms with Crippen LogP contribution >= 0.6 is 0 Å². The summed E-state index contributed by atoms with van der Waals surface area (Å²) < 4.78 is 0. The van der Waals surface area contributed by atoms with Crippen molar-refractivity contribution in [2.24, 2.45) is 0 Å². The van der Waals surface area contributed by atoms with Crippen LogP contribution in [0, 0.1) is 0 Å². The zero-order valence-corrected chi connectivity index (χ0v) is 4.24. The molecule has 0 atom stereocenters. The molecule has 0 nitrogen and oxygen atoms in total. The Kier molecular flexibility index (Phi) is 303. The Bertz CT molecular complexity index is 9.61. The summed E-state index contributed by atoms with van der Waals surface area (Å²) in [4.78, 5) is 0. The first-order chi connectivity index (χ1) is 0. The monoisotopic (exact) mass is 232 g/mol. The fourth-order valence-electron chi connectivity index (χ4n) is 0. The minimum atomic E-state index is 0. The molecule has 0 aliphatic rings. The average Bonchev–Trinajstić information content (AvgIpc) is 0. The normalized spacial score (nSPS) is 0. The van der Waals surface area contributed by atoms with Gasteiger partial charge < -0.3 is 0 Å². The molecule has 0 aliphatic carbocycles. The summed E-state index contributed by atoms with van der Waals surface area (Å²) in [5.74, 6) is 0. The molecule has 0 amide bonds. The van der Waals surface area contributed by atoms with E-state index in [4.69, 9.17) is 0 Å². The molecule has 5 heteroatoms. The molecule has 0 bridgehead atoms. The number of hydrogen-bond acceptors (Lipinski definition) is 0.